The number of fused-ring (bicyclic) bond motifs is 1. The van der Waals surface area contributed by atoms with Crippen LogP contribution < -0.4 is 4.90 Å². The van der Waals surface area contributed by atoms with E-state index >= 15 is 0 Å². The van der Waals surface area contributed by atoms with Crippen molar-refractivity contribution in [1.29, 1.82) is 0 Å². The lowest BCUT2D eigenvalue weighted by Crippen LogP contribution is -2.44. The summed E-state index contributed by atoms with van der Waals surface area (Å²) in [6.07, 6.45) is 1.23. The summed E-state index contributed by atoms with van der Waals surface area (Å²) in [5.41, 5.74) is 0.605. The van der Waals surface area contributed by atoms with Crippen molar-refractivity contribution in [2.45, 2.75) is 4.90 Å². The molecule has 0 bridgehead atoms. The SMILES string of the molecule is CN1CCN(c2nc3c(S(C)(=O)=O)cccc3s2)CC1. The number of benzene rings is 1. The summed E-state index contributed by atoms with van der Waals surface area (Å²) in [6, 6.07) is 5.34. The highest BCUT2D eigenvalue weighted by molar-refractivity contribution is 7.91. The Labute approximate surface area is 122 Å². The van der Waals surface area contributed by atoms with Gasteiger partial charge in [-0.15, -0.1) is 0 Å². The van der Waals surface area contributed by atoms with Crippen LogP contribution in [0.15, 0.2) is 23.1 Å². The van der Waals surface area contributed by atoms with Crippen molar-refractivity contribution in [3.63, 3.8) is 0 Å². The van der Waals surface area contributed by atoms with E-state index in [2.05, 4.69) is 21.8 Å². The molecule has 0 amide bonds. The van der Waals surface area contributed by atoms with Crippen LogP contribution in [0.1, 0.15) is 0 Å². The molecule has 0 saturated carbocycles. The third kappa shape index (κ3) is 2.53. The predicted molar refractivity (Wildman–Crippen MR) is 82.4 cm³/mol. The van der Waals surface area contributed by atoms with E-state index in [9.17, 15) is 8.42 Å². The van der Waals surface area contributed by atoms with E-state index in [1.54, 1.807) is 23.5 Å². The summed E-state index contributed by atoms with van der Waals surface area (Å²) >= 11 is 1.57. The van der Waals surface area contributed by atoms with Gasteiger partial charge in [-0.25, -0.2) is 13.4 Å². The van der Waals surface area contributed by atoms with E-state index in [-0.39, 0.29) is 0 Å². The third-order valence-electron chi connectivity index (χ3n) is 3.54. The van der Waals surface area contributed by atoms with Gasteiger partial charge in [-0.3, -0.25) is 0 Å². The van der Waals surface area contributed by atoms with Gasteiger partial charge in [-0.1, -0.05) is 17.4 Å². The van der Waals surface area contributed by atoms with Crippen molar-refractivity contribution in [3.05, 3.63) is 18.2 Å². The Kier molecular flexibility index (Phi) is 3.43. The molecule has 7 heteroatoms. The van der Waals surface area contributed by atoms with Crippen molar-refractivity contribution < 1.29 is 8.42 Å². The molecule has 1 saturated heterocycles. The van der Waals surface area contributed by atoms with E-state index < -0.39 is 9.84 Å². The summed E-state index contributed by atoms with van der Waals surface area (Å²) < 4.78 is 24.6. The lowest BCUT2D eigenvalue weighted by atomic mass is 10.3. The normalized spacial score (nSPS) is 17.8. The van der Waals surface area contributed by atoms with Crippen molar-refractivity contribution >= 4 is 36.5 Å². The first-order valence-corrected chi connectivity index (χ1v) is 9.19. The van der Waals surface area contributed by atoms with E-state index in [0.29, 0.717) is 10.4 Å². The maximum Gasteiger partial charge on any atom is 0.186 e. The van der Waals surface area contributed by atoms with E-state index in [1.165, 1.54) is 6.26 Å². The Bertz CT molecular complexity index is 731. The van der Waals surface area contributed by atoms with Gasteiger partial charge in [0.05, 0.1) is 9.60 Å². The average molecular weight is 311 g/mol. The third-order valence-corrected chi connectivity index (χ3v) is 5.75. The highest BCUT2D eigenvalue weighted by Gasteiger charge is 2.20. The summed E-state index contributed by atoms with van der Waals surface area (Å²) in [5.74, 6) is 0. The lowest BCUT2D eigenvalue weighted by molar-refractivity contribution is 0.313. The smallest absolute Gasteiger partial charge is 0.186 e. The monoisotopic (exact) mass is 311 g/mol. The fourth-order valence-corrected chi connectivity index (χ4v) is 4.29. The number of hydrogen-bond donors (Lipinski definition) is 0. The van der Waals surface area contributed by atoms with Gasteiger partial charge < -0.3 is 9.80 Å². The Hall–Kier alpha value is -1.18. The number of likely N-dealkylation sites (N-methyl/N-ethyl adjacent to an activating group) is 1. The summed E-state index contributed by atoms with van der Waals surface area (Å²) in [5, 5.41) is 0.921. The molecule has 0 N–H and O–H groups in total. The van der Waals surface area contributed by atoms with E-state index in [1.807, 2.05) is 6.07 Å². The minimum Gasteiger partial charge on any atom is -0.345 e. The first kappa shape index (κ1) is 13.8. The summed E-state index contributed by atoms with van der Waals surface area (Å²) in [7, 11) is -1.13. The highest BCUT2D eigenvalue weighted by Crippen LogP contribution is 2.32. The summed E-state index contributed by atoms with van der Waals surface area (Å²) in [6.45, 7) is 3.89. The Morgan fingerprint density at radius 3 is 2.55 bits per heavy atom. The molecule has 0 spiro atoms. The zero-order valence-electron chi connectivity index (χ0n) is 11.5. The Morgan fingerprint density at radius 1 is 1.20 bits per heavy atom. The van der Waals surface area contributed by atoms with Gasteiger partial charge in [0.2, 0.25) is 0 Å². The van der Waals surface area contributed by atoms with Gasteiger partial charge in [-0.2, -0.15) is 0 Å². The van der Waals surface area contributed by atoms with Crippen LogP contribution in [0.3, 0.4) is 0 Å². The van der Waals surface area contributed by atoms with Crippen LogP contribution in [0, 0.1) is 0 Å². The first-order valence-electron chi connectivity index (χ1n) is 6.48. The number of rotatable bonds is 2. The number of para-hydroxylation sites is 1. The van der Waals surface area contributed by atoms with Gasteiger partial charge in [-0.05, 0) is 19.2 Å². The minimum absolute atomic E-state index is 0.326. The van der Waals surface area contributed by atoms with Crippen molar-refractivity contribution in [1.82, 2.24) is 9.88 Å². The fourth-order valence-electron chi connectivity index (χ4n) is 2.34. The second-order valence-electron chi connectivity index (χ2n) is 5.16. The van der Waals surface area contributed by atoms with Crippen LogP contribution in [-0.4, -0.2) is 57.8 Å². The molecule has 1 aromatic carbocycles. The lowest BCUT2D eigenvalue weighted by Gasteiger charge is -2.32. The molecule has 20 heavy (non-hydrogen) atoms. The van der Waals surface area contributed by atoms with Crippen molar-refractivity contribution in [2.75, 3.05) is 44.4 Å². The number of thiazole rings is 1. The molecule has 2 heterocycles. The van der Waals surface area contributed by atoms with Crippen molar-refractivity contribution in [3.8, 4) is 0 Å². The van der Waals surface area contributed by atoms with Gasteiger partial charge >= 0.3 is 0 Å². The van der Waals surface area contributed by atoms with Gasteiger partial charge in [0.1, 0.15) is 5.52 Å². The fraction of sp³-hybridized carbons (Fsp3) is 0.462. The number of hydrogen-bond acceptors (Lipinski definition) is 6. The molecule has 2 aromatic rings. The molecule has 1 aliphatic heterocycles. The van der Waals surface area contributed by atoms with Gasteiger partial charge in [0, 0.05) is 32.4 Å². The molecule has 1 aromatic heterocycles. The number of piperazine rings is 1. The van der Waals surface area contributed by atoms with Crippen LogP contribution in [0.25, 0.3) is 10.2 Å². The van der Waals surface area contributed by atoms with Crippen LogP contribution >= 0.6 is 11.3 Å². The maximum absolute atomic E-state index is 11.8. The van der Waals surface area contributed by atoms with Crippen LogP contribution in [0.4, 0.5) is 5.13 Å². The molecule has 0 radical (unpaired) electrons. The minimum atomic E-state index is -3.24. The topological polar surface area (TPSA) is 53.5 Å². The van der Waals surface area contributed by atoms with Crippen molar-refractivity contribution in [2.24, 2.45) is 0 Å². The second kappa shape index (κ2) is 4.98. The molecule has 1 fully saturated rings. The Balaban J connectivity index is 2.03. The molecule has 3 rings (SSSR count). The second-order valence-corrected chi connectivity index (χ2v) is 8.16. The molecular formula is C13H17N3O2S2. The Morgan fingerprint density at radius 2 is 1.90 bits per heavy atom. The quantitative estimate of drug-likeness (QED) is 0.840. The molecule has 0 unspecified atom stereocenters. The zero-order chi connectivity index (χ0) is 14.3. The largest absolute Gasteiger partial charge is 0.345 e. The van der Waals surface area contributed by atoms with E-state index in [4.69, 9.17) is 0 Å². The zero-order valence-corrected chi connectivity index (χ0v) is 13.2. The summed E-state index contributed by atoms with van der Waals surface area (Å²) in [4.78, 5) is 9.42. The molecule has 0 atom stereocenters. The molecule has 108 valence electrons. The van der Waals surface area contributed by atoms with Crippen LogP contribution in [0.2, 0.25) is 0 Å². The van der Waals surface area contributed by atoms with Gasteiger partial charge in [0.15, 0.2) is 15.0 Å². The highest BCUT2D eigenvalue weighted by atomic mass is 32.2. The molecule has 0 aliphatic carbocycles. The number of sulfone groups is 1. The average Bonchev–Trinajstić information content (AvgIpc) is 2.81. The van der Waals surface area contributed by atoms with E-state index in [0.717, 1.165) is 36.0 Å². The number of anilines is 1. The standard InChI is InChI=1S/C13H17N3O2S2/c1-15-6-8-16(9-7-15)13-14-12-10(19-13)4-3-5-11(12)20(2,17)18/h3-5H,6-9H2,1-2H3. The molecular weight excluding hydrogens is 294 g/mol. The predicted octanol–water partition coefficient (Wildman–Crippen LogP) is 1.45. The first-order chi connectivity index (χ1) is 9.45. The molecule has 1 aliphatic rings. The van der Waals surface area contributed by atoms with Crippen LogP contribution in [0.5, 0.6) is 0 Å². The maximum atomic E-state index is 11.8. The van der Waals surface area contributed by atoms with Crippen LogP contribution in [-0.2, 0) is 9.84 Å². The number of nitrogens with zero attached hydrogens (tertiary/aromatic N) is 3. The molecule has 5 nitrogen and oxygen atoms in total. The van der Waals surface area contributed by atoms with Gasteiger partial charge in [0.25, 0.3) is 0 Å². The number of aromatic nitrogens is 1.